The predicted octanol–water partition coefficient (Wildman–Crippen LogP) is 4.37. The van der Waals surface area contributed by atoms with Crippen molar-refractivity contribution < 1.29 is 19.0 Å². The number of hydrogen-bond donors (Lipinski definition) is 0. The molecule has 124 valence electrons. The van der Waals surface area contributed by atoms with Crippen LogP contribution in [0.25, 0.3) is 0 Å². The highest BCUT2D eigenvalue weighted by Gasteiger charge is 2.01. The summed E-state index contributed by atoms with van der Waals surface area (Å²) in [4.78, 5) is 11.0. The van der Waals surface area contributed by atoms with Crippen molar-refractivity contribution >= 4 is 5.97 Å². The molecule has 0 fully saturated rings. The van der Waals surface area contributed by atoms with Crippen LogP contribution in [0.4, 0.5) is 0 Å². The zero-order chi connectivity index (χ0) is 16.0. The number of rotatable bonds is 12. The van der Waals surface area contributed by atoms with Crippen LogP contribution in [0.1, 0.15) is 51.9 Å². The van der Waals surface area contributed by atoms with Gasteiger partial charge in [-0.15, -0.1) is 0 Å². The first-order chi connectivity index (χ1) is 10.8. The molecule has 4 heteroatoms. The zero-order valence-electron chi connectivity index (χ0n) is 13.8. The second-order valence-corrected chi connectivity index (χ2v) is 5.27. The fraction of sp³-hybridized carbons (Fsp3) is 0.611. The van der Waals surface area contributed by atoms with Crippen molar-refractivity contribution in [2.75, 3.05) is 20.3 Å². The van der Waals surface area contributed by atoms with E-state index in [0.29, 0.717) is 13.0 Å². The van der Waals surface area contributed by atoms with Gasteiger partial charge in [0.1, 0.15) is 11.5 Å². The quantitative estimate of drug-likeness (QED) is 0.425. The van der Waals surface area contributed by atoms with Gasteiger partial charge in [-0.05, 0) is 31.4 Å². The average Bonchev–Trinajstić information content (AvgIpc) is 2.54. The van der Waals surface area contributed by atoms with Crippen LogP contribution >= 0.6 is 0 Å². The summed E-state index contributed by atoms with van der Waals surface area (Å²) < 4.78 is 16.0. The molecular formula is C18H28O4. The molecule has 0 bridgehead atoms. The summed E-state index contributed by atoms with van der Waals surface area (Å²) >= 11 is 0. The molecule has 4 nitrogen and oxygen atoms in total. The van der Waals surface area contributed by atoms with Crippen LogP contribution in [0.5, 0.6) is 11.5 Å². The maximum atomic E-state index is 11.0. The van der Waals surface area contributed by atoms with E-state index in [1.54, 1.807) is 0 Å². The lowest BCUT2D eigenvalue weighted by Gasteiger charge is -2.09. The summed E-state index contributed by atoms with van der Waals surface area (Å²) in [5.74, 6) is 1.49. The lowest BCUT2D eigenvalue weighted by atomic mass is 10.2. The van der Waals surface area contributed by atoms with Gasteiger partial charge in [-0.1, -0.05) is 32.3 Å². The van der Waals surface area contributed by atoms with Crippen LogP contribution in [0, 0.1) is 0 Å². The molecule has 0 aliphatic carbocycles. The minimum atomic E-state index is -0.168. The number of hydrogen-bond acceptors (Lipinski definition) is 4. The van der Waals surface area contributed by atoms with Crippen LogP contribution in [0.2, 0.25) is 0 Å². The van der Waals surface area contributed by atoms with Crippen LogP contribution in [-0.4, -0.2) is 26.3 Å². The van der Waals surface area contributed by atoms with E-state index in [-0.39, 0.29) is 5.97 Å². The van der Waals surface area contributed by atoms with Gasteiger partial charge in [0.15, 0.2) is 0 Å². The van der Waals surface area contributed by atoms with Gasteiger partial charge in [0, 0.05) is 12.5 Å². The third kappa shape index (κ3) is 8.55. The Morgan fingerprint density at radius 3 is 2.18 bits per heavy atom. The average molecular weight is 308 g/mol. The largest absolute Gasteiger partial charge is 0.493 e. The molecule has 0 spiro atoms. The topological polar surface area (TPSA) is 44.8 Å². The molecule has 0 amide bonds. The van der Waals surface area contributed by atoms with Crippen molar-refractivity contribution in [2.24, 2.45) is 0 Å². The monoisotopic (exact) mass is 308 g/mol. The summed E-state index contributed by atoms with van der Waals surface area (Å²) in [6.45, 7) is 3.55. The van der Waals surface area contributed by atoms with E-state index < -0.39 is 0 Å². The van der Waals surface area contributed by atoms with E-state index >= 15 is 0 Å². The lowest BCUT2D eigenvalue weighted by molar-refractivity contribution is -0.140. The number of benzene rings is 1. The molecule has 22 heavy (non-hydrogen) atoms. The van der Waals surface area contributed by atoms with Gasteiger partial charge in [0.05, 0.1) is 20.3 Å². The number of unbranched alkanes of at least 4 members (excludes halogenated alkanes) is 4. The summed E-state index contributed by atoms with van der Waals surface area (Å²) in [7, 11) is 1.41. The van der Waals surface area contributed by atoms with Gasteiger partial charge < -0.3 is 14.2 Å². The van der Waals surface area contributed by atoms with E-state index in [0.717, 1.165) is 37.4 Å². The molecule has 0 atom stereocenters. The Morgan fingerprint density at radius 2 is 1.59 bits per heavy atom. The third-order valence-electron chi connectivity index (χ3n) is 3.34. The second-order valence-electron chi connectivity index (χ2n) is 5.27. The van der Waals surface area contributed by atoms with Gasteiger partial charge in [-0.25, -0.2) is 0 Å². The van der Waals surface area contributed by atoms with Gasteiger partial charge in [-0.2, -0.15) is 0 Å². The molecule has 0 aromatic heterocycles. The van der Waals surface area contributed by atoms with Crippen molar-refractivity contribution in [3.05, 3.63) is 24.3 Å². The second kappa shape index (κ2) is 11.9. The number of carbonyl (C=O) groups is 1. The molecule has 1 aromatic rings. The molecule has 1 aromatic carbocycles. The summed E-state index contributed by atoms with van der Waals surface area (Å²) in [5, 5.41) is 0. The first kappa shape index (κ1) is 18.3. The van der Waals surface area contributed by atoms with Crippen molar-refractivity contribution in [3.8, 4) is 11.5 Å². The Morgan fingerprint density at radius 1 is 0.955 bits per heavy atom. The van der Waals surface area contributed by atoms with Crippen molar-refractivity contribution in [1.82, 2.24) is 0 Å². The van der Waals surface area contributed by atoms with E-state index in [4.69, 9.17) is 9.47 Å². The molecule has 0 heterocycles. The summed E-state index contributed by atoms with van der Waals surface area (Å²) in [6, 6.07) is 7.72. The number of methoxy groups -OCH3 is 1. The van der Waals surface area contributed by atoms with Crippen molar-refractivity contribution in [2.45, 2.75) is 51.9 Å². The lowest BCUT2D eigenvalue weighted by Crippen LogP contribution is -2.03. The van der Waals surface area contributed by atoms with E-state index in [1.807, 2.05) is 24.3 Å². The van der Waals surface area contributed by atoms with Crippen molar-refractivity contribution in [1.29, 1.82) is 0 Å². The molecule has 0 aliphatic rings. The Bertz CT molecular complexity index is 417. The highest BCUT2D eigenvalue weighted by molar-refractivity contribution is 5.68. The molecule has 0 radical (unpaired) electrons. The minimum Gasteiger partial charge on any atom is -0.493 e. The molecule has 0 saturated heterocycles. The highest BCUT2D eigenvalue weighted by Crippen LogP contribution is 2.20. The SMILES string of the molecule is CCCCCCOc1cccc(OCCCCC(=O)OC)c1. The van der Waals surface area contributed by atoms with Gasteiger partial charge in [0.25, 0.3) is 0 Å². The fourth-order valence-corrected chi connectivity index (χ4v) is 2.04. The molecular weight excluding hydrogens is 280 g/mol. The summed E-state index contributed by atoms with van der Waals surface area (Å²) in [5.41, 5.74) is 0. The minimum absolute atomic E-state index is 0.168. The molecule has 1 rings (SSSR count). The maximum absolute atomic E-state index is 11.0. The van der Waals surface area contributed by atoms with Crippen LogP contribution in [0.15, 0.2) is 24.3 Å². The van der Waals surface area contributed by atoms with Crippen molar-refractivity contribution in [3.63, 3.8) is 0 Å². The smallest absolute Gasteiger partial charge is 0.305 e. The van der Waals surface area contributed by atoms with E-state index in [2.05, 4.69) is 11.7 Å². The van der Waals surface area contributed by atoms with Gasteiger partial charge >= 0.3 is 5.97 Å². The number of esters is 1. The Balaban J connectivity index is 2.19. The number of ether oxygens (including phenoxy) is 3. The van der Waals surface area contributed by atoms with Gasteiger partial charge in [0.2, 0.25) is 0 Å². The standard InChI is InChI=1S/C18H28O4/c1-3-4-5-7-13-21-16-10-9-11-17(15-16)22-14-8-6-12-18(19)20-2/h9-11,15H,3-8,12-14H2,1-2H3. The van der Waals surface area contributed by atoms with E-state index in [1.165, 1.54) is 26.4 Å². The Kier molecular flexibility index (Phi) is 9.92. The third-order valence-corrected chi connectivity index (χ3v) is 3.34. The fourth-order valence-electron chi connectivity index (χ4n) is 2.04. The first-order valence-electron chi connectivity index (χ1n) is 8.18. The van der Waals surface area contributed by atoms with Crippen LogP contribution < -0.4 is 9.47 Å². The molecule has 0 aliphatic heterocycles. The van der Waals surface area contributed by atoms with Crippen LogP contribution in [0.3, 0.4) is 0 Å². The Labute approximate surface area is 133 Å². The molecule has 0 N–H and O–H groups in total. The van der Waals surface area contributed by atoms with Crippen LogP contribution in [-0.2, 0) is 9.53 Å². The predicted molar refractivity (Wildman–Crippen MR) is 87.4 cm³/mol. The van der Waals surface area contributed by atoms with E-state index in [9.17, 15) is 4.79 Å². The molecule has 0 unspecified atom stereocenters. The maximum Gasteiger partial charge on any atom is 0.305 e. The summed E-state index contributed by atoms with van der Waals surface area (Å²) in [6.07, 6.45) is 6.86. The number of carbonyl (C=O) groups excluding carboxylic acids is 1. The Hall–Kier alpha value is -1.71. The first-order valence-corrected chi connectivity index (χ1v) is 8.18. The normalized spacial score (nSPS) is 10.3. The molecule has 0 saturated carbocycles. The zero-order valence-corrected chi connectivity index (χ0v) is 13.8. The highest BCUT2D eigenvalue weighted by atomic mass is 16.5. The van der Waals surface area contributed by atoms with Gasteiger partial charge in [-0.3, -0.25) is 4.79 Å².